The first-order valence-corrected chi connectivity index (χ1v) is 10.4. The van der Waals surface area contributed by atoms with Crippen LogP contribution in [-0.4, -0.2) is 47.8 Å². The Balaban J connectivity index is 2.57. The number of rotatable bonds is 6. The molecular formula is C22H31N5OS. The molecule has 0 unspecified atom stereocenters. The van der Waals surface area contributed by atoms with E-state index in [4.69, 9.17) is 9.97 Å². The number of carbonyl (C=O) groups excluding carboxylic acids is 1. The maximum absolute atomic E-state index is 12.5. The first-order chi connectivity index (χ1) is 13.5. The largest absolute Gasteiger partial charge is 0.350 e. The minimum absolute atomic E-state index is 0.0512. The van der Waals surface area contributed by atoms with Gasteiger partial charge in [-0.1, -0.05) is 12.7 Å². The zero-order valence-corrected chi connectivity index (χ0v) is 19.5. The molecule has 7 heteroatoms. The Morgan fingerprint density at radius 3 is 2.52 bits per heavy atom. The third-order valence-electron chi connectivity index (χ3n) is 4.42. The number of hydrogen-bond donors (Lipinski definition) is 1. The molecule has 0 bridgehead atoms. The van der Waals surface area contributed by atoms with Gasteiger partial charge in [-0.3, -0.25) is 9.79 Å². The Morgan fingerprint density at radius 2 is 1.97 bits per heavy atom. The lowest BCUT2D eigenvalue weighted by molar-refractivity contribution is -0.121. The third kappa shape index (κ3) is 5.50. The van der Waals surface area contributed by atoms with Gasteiger partial charge in [-0.2, -0.15) is 0 Å². The molecule has 0 fully saturated rings. The molecule has 1 N–H and O–H groups in total. The van der Waals surface area contributed by atoms with E-state index in [2.05, 4.69) is 30.7 Å². The SMILES string of the molecule is C=C/C(C)=C\C(=NC)c1nc(N(C)CC(=O)NC(C)(C)C)c2c(C)c(C)sc2n1. The summed E-state index contributed by atoms with van der Waals surface area (Å²) in [5.74, 6) is 1.23. The highest BCUT2D eigenvalue weighted by Crippen LogP contribution is 2.34. The maximum Gasteiger partial charge on any atom is 0.239 e. The van der Waals surface area contributed by atoms with Crippen molar-refractivity contribution < 1.29 is 4.79 Å². The number of anilines is 1. The van der Waals surface area contributed by atoms with Crippen LogP contribution < -0.4 is 10.2 Å². The fraction of sp³-hybridized carbons (Fsp3) is 0.455. The van der Waals surface area contributed by atoms with E-state index < -0.39 is 0 Å². The van der Waals surface area contributed by atoms with Crippen molar-refractivity contribution in [3.05, 3.63) is 40.6 Å². The van der Waals surface area contributed by atoms with Gasteiger partial charge in [0.2, 0.25) is 5.91 Å². The van der Waals surface area contributed by atoms with E-state index in [0.29, 0.717) is 11.5 Å². The fourth-order valence-corrected chi connectivity index (χ4v) is 3.89. The van der Waals surface area contributed by atoms with Crippen LogP contribution in [0.15, 0.2) is 29.3 Å². The first-order valence-electron chi connectivity index (χ1n) is 9.54. The molecule has 1 amide bonds. The van der Waals surface area contributed by atoms with Crippen molar-refractivity contribution in [2.24, 2.45) is 4.99 Å². The number of likely N-dealkylation sites (N-methyl/N-ethyl adjacent to an activating group) is 1. The molecule has 0 saturated carbocycles. The van der Waals surface area contributed by atoms with E-state index in [1.54, 1.807) is 24.5 Å². The summed E-state index contributed by atoms with van der Waals surface area (Å²) in [7, 11) is 3.61. The molecule has 2 rings (SSSR count). The van der Waals surface area contributed by atoms with Gasteiger partial charge in [-0.25, -0.2) is 9.97 Å². The molecule has 156 valence electrons. The van der Waals surface area contributed by atoms with E-state index in [1.807, 2.05) is 45.7 Å². The lowest BCUT2D eigenvalue weighted by atomic mass is 10.1. The quantitative estimate of drug-likeness (QED) is 0.569. The normalized spacial score (nSPS) is 13.0. The van der Waals surface area contributed by atoms with E-state index in [-0.39, 0.29) is 18.0 Å². The van der Waals surface area contributed by atoms with Gasteiger partial charge in [0.05, 0.1) is 11.9 Å². The molecule has 2 aromatic rings. The number of nitrogens with zero attached hydrogens (tertiary/aromatic N) is 4. The van der Waals surface area contributed by atoms with Crippen LogP contribution in [0.4, 0.5) is 5.82 Å². The summed E-state index contributed by atoms with van der Waals surface area (Å²) in [5, 5.41) is 3.99. The third-order valence-corrected chi connectivity index (χ3v) is 5.52. The second-order valence-corrected chi connectivity index (χ2v) is 9.39. The van der Waals surface area contributed by atoms with E-state index in [9.17, 15) is 4.79 Å². The number of aliphatic imine (C=N–C) groups is 1. The van der Waals surface area contributed by atoms with Crippen molar-refractivity contribution in [1.29, 1.82) is 0 Å². The van der Waals surface area contributed by atoms with Gasteiger partial charge in [0.25, 0.3) is 0 Å². The highest BCUT2D eigenvalue weighted by molar-refractivity contribution is 7.18. The van der Waals surface area contributed by atoms with E-state index in [0.717, 1.165) is 27.2 Å². The van der Waals surface area contributed by atoms with Crippen molar-refractivity contribution in [2.45, 2.75) is 47.1 Å². The van der Waals surface area contributed by atoms with Gasteiger partial charge >= 0.3 is 0 Å². The summed E-state index contributed by atoms with van der Waals surface area (Å²) >= 11 is 1.63. The minimum Gasteiger partial charge on any atom is -0.350 e. The molecule has 6 nitrogen and oxygen atoms in total. The Morgan fingerprint density at radius 1 is 1.31 bits per heavy atom. The number of carbonyl (C=O) groups is 1. The van der Waals surface area contributed by atoms with Gasteiger partial charge in [0.15, 0.2) is 5.82 Å². The fourth-order valence-electron chi connectivity index (χ4n) is 2.87. The van der Waals surface area contributed by atoms with Crippen LogP contribution in [0.2, 0.25) is 0 Å². The monoisotopic (exact) mass is 413 g/mol. The highest BCUT2D eigenvalue weighted by Gasteiger charge is 2.21. The first kappa shape index (κ1) is 22.7. The van der Waals surface area contributed by atoms with Gasteiger partial charge < -0.3 is 10.2 Å². The number of aryl methyl sites for hydroxylation is 2. The van der Waals surface area contributed by atoms with Crippen LogP contribution >= 0.6 is 11.3 Å². The second-order valence-electron chi connectivity index (χ2n) is 8.19. The molecular weight excluding hydrogens is 382 g/mol. The van der Waals surface area contributed by atoms with Crippen LogP contribution in [0.25, 0.3) is 10.2 Å². The van der Waals surface area contributed by atoms with Gasteiger partial charge in [-0.05, 0) is 58.8 Å². The molecule has 0 aliphatic heterocycles. The number of thiophene rings is 1. The van der Waals surface area contributed by atoms with Crippen molar-refractivity contribution in [1.82, 2.24) is 15.3 Å². The summed E-state index contributed by atoms with van der Waals surface area (Å²) in [5.41, 5.74) is 2.52. The van der Waals surface area contributed by atoms with Crippen molar-refractivity contribution in [2.75, 3.05) is 25.5 Å². The number of aromatic nitrogens is 2. The highest BCUT2D eigenvalue weighted by atomic mass is 32.1. The van der Waals surface area contributed by atoms with Gasteiger partial charge in [-0.15, -0.1) is 11.3 Å². The predicted molar refractivity (Wildman–Crippen MR) is 124 cm³/mol. The summed E-state index contributed by atoms with van der Waals surface area (Å²) in [4.78, 5) is 30.4. The molecule has 0 spiro atoms. The molecule has 0 aromatic carbocycles. The van der Waals surface area contributed by atoms with Crippen molar-refractivity contribution in [3.8, 4) is 0 Å². The molecule has 0 saturated heterocycles. The maximum atomic E-state index is 12.5. The van der Waals surface area contributed by atoms with E-state index >= 15 is 0 Å². The minimum atomic E-state index is -0.284. The zero-order valence-electron chi connectivity index (χ0n) is 18.7. The molecule has 0 radical (unpaired) electrons. The van der Waals surface area contributed by atoms with Crippen molar-refractivity contribution in [3.63, 3.8) is 0 Å². The Bertz CT molecular complexity index is 995. The topological polar surface area (TPSA) is 70.5 Å². The summed E-state index contributed by atoms with van der Waals surface area (Å²) in [6, 6.07) is 0. The van der Waals surface area contributed by atoms with Crippen LogP contribution in [0, 0.1) is 13.8 Å². The van der Waals surface area contributed by atoms with Crippen LogP contribution in [0.3, 0.4) is 0 Å². The van der Waals surface area contributed by atoms with Gasteiger partial charge in [0, 0.05) is 24.5 Å². The molecule has 0 aliphatic carbocycles. The standard InChI is InChI=1S/C22H31N5OS/c1-10-13(2)11-16(23-8)19-24-20(18-14(3)15(4)29-21(18)25-19)27(9)12-17(28)26-22(5,6)7/h10-11H,1,12H2,2-9H3,(H,26,28)/b13-11-,23-16?. The molecule has 2 heterocycles. The number of allylic oxidation sites excluding steroid dienone is 3. The summed E-state index contributed by atoms with van der Waals surface area (Å²) in [6.07, 6.45) is 3.69. The Hall–Kier alpha value is -2.54. The van der Waals surface area contributed by atoms with Crippen LogP contribution in [0.1, 0.15) is 44.0 Å². The lowest BCUT2D eigenvalue weighted by Crippen LogP contribution is -2.45. The number of nitrogens with one attached hydrogen (secondary N) is 1. The average molecular weight is 414 g/mol. The van der Waals surface area contributed by atoms with Crippen LogP contribution in [-0.2, 0) is 4.79 Å². The lowest BCUT2D eigenvalue weighted by Gasteiger charge is -2.24. The smallest absolute Gasteiger partial charge is 0.239 e. The summed E-state index contributed by atoms with van der Waals surface area (Å²) in [6.45, 7) is 16.0. The van der Waals surface area contributed by atoms with Gasteiger partial charge in [0.1, 0.15) is 16.4 Å². The number of hydrogen-bond acceptors (Lipinski definition) is 6. The Kier molecular flexibility index (Phi) is 6.95. The Labute approximate surface area is 177 Å². The average Bonchev–Trinajstić information content (AvgIpc) is 2.90. The summed E-state index contributed by atoms with van der Waals surface area (Å²) < 4.78 is 0. The predicted octanol–water partition coefficient (Wildman–Crippen LogP) is 4.21. The second kappa shape index (κ2) is 8.86. The van der Waals surface area contributed by atoms with Crippen molar-refractivity contribution >= 4 is 39.0 Å². The molecule has 0 aliphatic rings. The zero-order chi connectivity index (χ0) is 21.9. The van der Waals surface area contributed by atoms with E-state index in [1.165, 1.54) is 4.88 Å². The molecule has 29 heavy (non-hydrogen) atoms. The number of amides is 1. The van der Waals surface area contributed by atoms with Crippen LogP contribution in [0.5, 0.6) is 0 Å². The number of fused-ring (bicyclic) bond motifs is 1. The molecule has 0 atom stereocenters. The molecule has 2 aromatic heterocycles.